The molecule has 0 N–H and O–H groups in total. The van der Waals surface area contributed by atoms with Crippen LogP contribution in [0.5, 0.6) is 0 Å². The van der Waals surface area contributed by atoms with Crippen molar-refractivity contribution in [3.8, 4) is 0 Å². The molecule has 1 heterocycles. The number of hydrogen-bond acceptors (Lipinski definition) is 1. The van der Waals surface area contributed by atoms with Crippen LogP contribution in [0.15, 0.2) is 35.7 Å². The molecule has 0 saturated carbocycles. The molecule has 0 nitrogen and oxygen atoms in total. The molecule has 1 atom stereocenters. The summed E-state index contributed by atoms with van der Waals surface area (Å²) in [4.78, 5) is 1.69. The largest absolute Gasteiger partial charge is 0.147 e. The summed E-state index contributed by atoms with van der Waals surface area (Å²) in [6.45, 7) is 4.29. The summed E-state index contributed by atoms with van der Waals surface area (Å²) < 4.78 is 0. The van der Waals surface area contributed by atoms with Crippen LogP contribution in [0.1, 0.15) is 26.4 Å². The van der Waals surface area contributed by atoms with E-state index in [9.17, 15) is 0 Å². The van der Waals surface area contributed by atoms with Crippen LogP contribution >= 0.6 is 27.3 Å². The molecule has 0 radical (unpaired) electrons. The van der Waals surface area contributed by atoms with Crippen LogP contribution in [0.25, 0.3) is 0 Å². The summed E-state index contributed by atoms with van der Waals surface area (Å²) in [5.41, 5.74) is 3.99. The zero-order valence-electron chi connectivity index (χ0n) is 8.83. The Morgan fingerprint density at radius 2 is 1.80 bits per heavy atom. The van der Waals surface area contributed by atoms with Crippen molar-refractivity contribution in [2.75, 3.05) is 0 Å². The first-order valence-electron chi connectivity index (χ1n) is 4.92. The van der Waals surface area contributed by atoms with Crippen molar-refractivity contribution in [1.29, 1.82) is 0 Å². The lowest BCUT2D eigenvalue weighted by molar-refractivity contribution is 1.19. The number of rotatable bonds is 2. The number of alkyl halides is 1. The van der Waals surface area contributed by atoms with Gasteiger partial charge in [0.2, 0.25) is 0 Å². The fourth-order valence-corrected chi connectivity index (χ4v) is 3.22. The molecule has 0 amide bonds. The van der Waals surface area contributed by atoms with Gasteiger partial charge in [0.25, 0.3) is 0 Å². The number of halogens is 1. The van der Waals surface area contributed by atoms with E-state index in [2.05, 4.69) is 65.5 Å². The van der Waals surface area contributed by atoms with Crippen LogP contribution in [0, 0.1) is 13.8 Å². The van der Waals surface area contributed by atoms with E-state index >= 15 is 0 Å². The highest BCUT2D eigenvalue weighted by molar-refractivity contribution is 9.09. The molecule has 2 heteroatoms. The lowest BCUT2D eigenvalue weighted by Gasteiger charge is -2.10. The fraction of sp³-hybridized carbons (Fsp3) is 0.231. The Morgan fingerprint density at radius 1 is 1.13 bits per heavy atom. The summed E-state index contributed by atoms with van der Waals surface area (Å²) in [5.74, 6) is 0. The van der Waals surface area contributed by atoms with Gasteiger partial charge in [-0.3, -0.25) is 0 Å². The van der Waals surface area contributed by atoms with E-state index in [4.69, 9.17) is 0 Å². The quantitative estimate of drug-likeness (QED) is 0.690. The lowest BCUT2D eigenvalue weighted by atomic mass is 10.0. The second-order valence-corrected chi connectivity index (χ2v) is 5.69. The van der Waals surface area contributed by atoms with Gasteiger partial charge in [-0.2, -0.15) is 0 Å². The van der Waals surface area contributed by atoms with Crippen molar-refractivity contribution in [1.82, 2.24) is 0 Å². The van der Waals surface area contributed by atoms with Crippen LogP contribution < -0.4 is 0 Å². The standard InChI is InChI=1S/C13H13BrS/c1-9-6-10(2)8-11(7-9)13(14)12-4-3-5-15-12/h3-8,13H,1-2H3. The van der Waals surface area contributed by atoms with E-state index in [0.29, 0.717) is 4.83 Å². The molecule has 78 valence electrons. The molecule has 2 aromatic rings. The number of aryl methyl sites for hydroxylation is 2. The molecule has 1 unspecified atom stereocenters. The maximum atomic E-state index is 3.75. The van der Waals surface area contributed by atoms with Gasteiger partial charge in [0, 0.05) is 4.88 Å². The summed E-state index contributed by atoms with van der Waals surface area (Å²) in [6.07, 6.45) is 0. The van der Waals surface area contributed by atoms with E-state index in [-0.39, 0.29) is 0 Å². The SMILES string of the molecule is Cc1cc(C)cc(C(Br)c2cccs2)c1. The minimum absolute atomic E-state index is 0.330. The van der Waals surface area contributed by atoms with Crippen LogP contribution in [0.3, 0.4) is 0 Å². The van der Waals surface area contributed by atoms with Crippen molar-refractivity contribution >= 4 is 27.3 Å². The third-order valence-electron chi connectivity index (χ3n) is 2.33. The molecular formula is C13H13BrS. The first kappa shape index (κ1) is 10.9. The zero-order valence-corrected chi connectivity index (χ0v) is 11.2. The van der Waals surface area contributed by atoms with Crippen molar-refractivity contribution in [3.63, 3.8) is 0 Å². The van der Waals surface area contributed by atoms with E-state index < -0.39 is 0 Å². The van der Waals surface area contributed by atoms with E-state index in [1.807, 2.05) is 0 Å². The van der Waals surface area contributed by atoms with Crippen molar-refractivity contribution in [3.05, 3.63) is 57.3 Å². The molecule has 0 bridgehead atoms. The molecule has 1 aromatic carbocycles. The van der Waals surface area contributed by atoms with Crippen molar-refractivity contribution in [2.24, 2.45) is 0 Å². The van der Waals surface area contributed by atoms with Gasteiger partial charge >= 0.3 is 0 Å². The Hall–Kier alpha value is -0.600. The molecule has 1 aromatic heterocycles. The Morgan fingerprint density at radius 3 is 2.33 bits per heavy atom. The number of thiophene rings is 1. The molecule has 0 saturated heterocycles. The predicted octanol–water partition coefficient (Wildman–Crippen LogP) is 4.85. The van der Waals surface area contributed by atoms with Gasteiger partial charge in [-0.15, -0.1) is 11.3 Å². The highest BCUT2D eigenvalue weighted by Crippen LogP contribution is 2.34. The monoisotopic (exact) mass is 280 g/mol. The molecule has 2 rings (SSSR count). The average molecular weight is 281 g/mol. The Balaban J connectivity index is 2.37. The first-order valence-corrected chi connectivity index (χ1v) is 6.72. The lowest BCUT2D eigenvalue weighted by Crippen LogP contribution is -1.91. The fourth-order valence-electron chi connectivity index (χ4n) is 1.76. The van der Waals surface area contributed by atoms with Gasteiger partial charge in [-0.05, 0) is 30.9 Å². The van der Waals surface area contributed by atoms with Crippen LogP contribution in [0.2, 0.25) is 0 Å². The van der Waals surface area contributed by atoms with Gasteiger partial charge in [0.05, 0.1) is 4.83 Å². The summed E-state index contributed by atoms with van der Waals surface area (Å²) >= 11 is 5.54. The van der Waals surface area contributed by atoms with Crippen molar-refractivity contribution in [2.45, 2.75) is 18.7 Å². The van der Waals surface area contributed by atoms with Gasteiger partial charge < -0.3 is 0 Å². The van der Waals surface area contributed by atoms with Gasteiger partial charge in [0.15, 0.2) is 0 Å². The smallest absolute Gasteiger partial charge is 0.0738 e. The molecular weight excluding hydrogens is 268 g/mol. The van der Waals surface area contributed by atoms with Gasteiger partial charge in [0.1, 0.15) is 0 Å². The van der Waals surface area contributed by atoms with Crippen LogP contribution in [-0.4, -0.2) is 0 Å². The van der Waals surface area contributed by atoms with Crippen LogP contribution in [-0.2, 0) is 0 Å². The Bertz CT molecular complexity index is 425. The average Bonchev–Trinajstić information content (AvgIpc) is 2.67. The van der Waals surface area contributed by atoms with E-state index in [1.54, 1.807) is 11.3 Å². The topological polar surface area (TPSA) is 0 Å². The Kier molecular flexibility index (Phi) is 3.27. The number of hydrogen-bond donors (Lipinski definition) is 0. The minimum Gasteiger partial charge on any atom is -0.147 e. The summed E-state index contributed by atoms with van der Waals surface area (Å²) in [6, 6.07) is 11.0. The maximum Gasteiger partial charge on any atom is 0.0738 e. The first-order chi connectivity index (χ1) is 7.16. The number of benzene rings is 1. The van der Waals surface area contributed by atoms with Gasteiger partial charge in [-0.25, -0.2) is 0 Å². The summed E-state index contributed by atoms with van der Waals surface area (Å²) in [5, 5.41) is 2.12. The maximum absolute atomic E-state index is 3.75. The van der Waals surface area contributed by atoms with E-state index in [1.165, 1.54) is 21.6 Å². The molecule has 0 spiro atoms. The van der Waals surface area contributed by atoms with Crippen molar-refractivity contribution < 1.29 is 0 Å². The highest BCUT2D eigenvalue weighted by atomic mass is 79.9. The van der Waals surface area contributed by atoms with Gasteiger partial charge in [-0.1, -0.05) is 51.3 Å². The molecule has 0 aliphatic heterocycles. The molecule has 0 fully saturated rings. The van der Waals surface area contributed by atoms with Crippen LogP contribution in [0.4, 0.5) is 0 Å². The summed E-state index contributed by atoms with van der Waals surface area (Å²) in [7, 11) is 0. The molecule has 15 heavy (non-hydrogen) atoms. The third-order valence-corrected chi connectivity index (χ3v) is 4.59. The highest BCUT2D eigenvalue weighted by Gasteiger charge is 2.11. The van der Waals surface area contributed by atoms with E-state index in [0.717, 1.165) is 0 Å². The zero-order chi connectivity index (χ0) is 10.8. The minimum atomic E-state index is 0.330. The second kappa shape index (κ2) is 4.50. The second-order valence-electron chi connectivity index (χ2n) is 3.80. The Labute approximate surface area is 103 Å². The normalized spacial score (nSPS) is 12.7. The predicted molar refractivity (Wildman–Crippen MR) is 71.0 cm³/mol. The third kappa shape index (κ3) is 2.50. The molecule has 0 aliphatic rings. The molecule has 0 aliphatic carbocycles.